The lowest BCUT2D eigenvalue weighted by Crippen LogP contribution is -2.44. The van der Waals surface area contributed by atoms with Gasteiger partial charge in [-0.25, -0.2) is 9.18 Å². The molecule has 0 spiro atoms. The lowest BCUT2D eigenvalue weighted by atomic mass is 9.96. The molecule has 2 aromatic rings. The highest BCUT2D eigenvalue weighted by Gasteiger charge is 2.19. The zero-order valence-corrected chi connectivity index (χ0v) is 16.6. The summed E-state index contributed by atoms with van der Waals surface area (Å²) in [5.74, 6) is -0.478. The van der Waals surface area contributed by atoms with Crippen molar-refractivity contribution in [1.82, 2.24) is 16.0 Å². The van der Waals surface area contributed by atoms with Gasteiger partial charge in [0.25, 0.3) is 0 Å². The molecular formula is C21H26FN3O2S. The number of carbonyl (C=O) groups excluding carboxylic acids is 2. The minimum Gasteiger partial charge on any atom is -0.344 e. The molecule has 3 amide bonds. The highest BCUT2D eigenvalue weighted by Crippen LogP contribution is 2.26. The predicted molar refractivity (Wildman–Crippen MR) is 109 cm³/mol. The smallest absolute Gasteiger partial charge is 0.315 e. The molecule has 0 radical (unpaired) electrons. The quantitative estimate of drug-likeness (QED) is 0.651. The molecule has 3 rings (SSSR count). The molecule has 7 heteroatoms. The number of thiophene rings is 1. The summed E-state index contributed by atoms with van der Waals surface area (Å²) in [4.78, 5) is 25.4. The molecule has 0 saturated heterocycles. The fourth-order valence-corrected chi connectivity index (χ4v) is 4.24. The van der Waals surface area contributed by atoms with E-state index in [2.05, 4.69) is 16.0 Å². The Morgan fingerprint density at radius 3 is 2.54 bits per heavy atom. The van der Waals surface area contributed by atoms with Crippen molar-refractivity contribution in [2.75, 3.05) is 6.54 Å². The van der Waals surface area contributed by atoms with Crippen molar-refractivity contribution in [2.24, 2.45) is 0 Å². The van der Waals surface area contributed by atoms with Crippen molar-refractivity contribution in [3.8, 4) is 0 Å². The molecule has 1 fully saturated rings. The Balaban J connectivity index is 1.48. The van der Waals surface area contributed by atoms with Crippen molar-refractivity contribution in [2.45, 2.75) is 50.6 Å². The van der Waals surface area contributed by atoms with Crippen molar-refractivity contribution in [3.63, 3.8) is 0 Å². The summed E-state index contributed by atoms with van der Waals surface area (Å²) in [6, 6.07) is 9.68. The molecule has 28 heavy (non-hydrogen) atoms. The van der Waals surface area contributed by atoms with E-state index in [0.29, 0.717) is 0 Å². The molecule has 0 aliphatic heterocycles. The first-order valence-corrected chi connectivity index (χ1v) is 10.6. The summed E-state index contributed by atoms with van der Waals surface area (Å²) in [5, 5.41) is 10.7. The Morgan fingerprint density at radius 2 is 1.86 bits per heavy atom. The fourth-order valence-electron chi connectivity index (χ4n) is 3.44. The third kappa shape index (κ3) is 6.05. The maximum Gasteiger partial charge on any atom is 0.315 e. The summed E-state index contributed by atoms with van der Waals surface area (Å²) >= 11 is 1.53. The Hall–Kier alpha value is -2.41. The standard InChI is InChI=1S/C21H26FN3O2S/c22-16-10-8-15(9-11-16)20(18-7-4-14-28-18)25-19(26)12-13-23-21(27)24-17-5-2-1-3-6-17/h4,7-11,14,17,20H,1-3,5-6,12-13H2,(H,25,26)(H2,23,24,27). The van der Waals surface area contributed by atoms with Crippen LogP contribution >= 0.6 is 11.3 Å². The van der Waals surface area contributed by atoms with E-state index in [4.69, 9.17) is 0 Å². The average molecular weight is 404 g/mol. The molecule has 0 bridgehead atoms. The largest absolute Gasteiger partial charge is 0.344 e. The number of benzene rings is 1. The number of hydrogen-bond donors (Lipinski definition) is 3. The molecule has 150 valence electrons. The van der Waals surface area contributed by atoms with Gasteiger partial charge in [0.05, 0.1) is 6.04 Å². The fraction of sp³-hybridized carbons (Fsp3) is 0.429. The third-order valence-electron chi connectivity index (χ3n) is 4.91. The van der Waals surface area contributed by atoms with Crippen LogP contribution in [0.1, 0.15) is 55.0 Å². The van der Waals surface area contributed by atoms with Crippen LogP contribution in [0.3, 0.4) is 0 Å². The van der Waals surface area contributed by atoms with E-state index in [1.54, 1.807) is 12.1 Å². The van der Waals surface area contributed by atoms with Gasteiger partial charge in [-0.15, -0.1) is 11.3 Å². The number of hydrogen-bond acceptors (Lipinski definition) is 3. The first-order chi connectivity index (χ1) is 13.6. The van der Waals surface area contributed by atoms with Crippen LogP contribution in [0.5, 0.6) is 0 Å². The molecule has 3 N–H and O–H groups in total. The van der Waals surface area contributed by atoms with Crippen LogP contribution in [0.15, 0.2) is 41.8 Å². The monoisotopic (exact) mass is 403 g/mol. The molecular weight excluding hydrogens is 377 g/mol. The van der Waals surface area contributed by atoms with Crippen LogP contribution < -0.4 is 16.0 Å². The summed E-state index contributed by atoms with van der Waals surface area (Å²) in [5.41, 5.74) is 0.820. The second-order valence-electron chi connectivity index (χ2n) is 7.05. The van der Waals surface area contributed by atoms with Gasteiger partial charge in [0, 0.05) is 23.9 Å². The van der Waals surface area contributed by atoms with Crippen molar-refractivity contribution < 1.29 is 14.0 Å². The zero-order valence-electron chi connectivity index (χ0n) is 15.7. The minimum absolute atomic E-state index is 0.166. The lowest BCUT2D eigenvalue weighted by molar-refractivity contribution is -0.121. The van der Waals surface area contributed by atoms with E-state index in [-0.39, 0.29) is 42.8 Å². The summed E-state index contributed by atoms with van der Waals surface area (Å²) in [6.07, 6.45) is 5.77. The molecule has 1 unspecified atom stereocenters. The van der Waals surface area contributed by atoms with Crippen LogP contribution in [-0.2, 0) is 4.79 Å². The highest BCUT2D eigenvalue weighted by molar-refractivity contribution is 7.10. The van der Waals surface area contributed by atoms with Crippen molar-refractivity contribution in [3.05, 3.63) is 58.0 Å². The van der Waals surface area contributed by atoms with Crippen LogP contribution in [0.2, 0.25) is 0 Å². The number of amides is 3. The van der Waals surface area contributed by atoms with Crippen LogP contribution in [-0.4, -0.2) is 24.5 Å². The first-order valence-electron chi connectivity index (χ1n) is 9.74. The maximum atomic E-state index is 13.2. The van der Waals surface area contributed by atoms with Crippen LogP contribution in [0.25, 0.3) is 0 Å². The average Bonchev–Trinajstić information content (AvgIpc) is 3.22. The Bertz CT molecular complexity index is 758. The van der Waals surface area contributed by atoms with Gasteiger partial charge >= 0.3 is 6.03 Å². The molecule has 1 aromatic heterocycles. The van der Waals surface area contributed by atoms with Gasteiger partial charge in [0.15, 0.2) is 0 Å². The van der Waals surface area contributed by atoms with Gasteiger partial charge in [0.1, 0.15) is 5.82 Å². The predicted octanol–water partition coefficient (Wildman–Crippen LogP) is 4.11. The van der Waals surface area contributed by atoms with E-state index < -0.39 is 0 Å². The number of halogens is 1. The topological polar surface area (TPSA) is 70.2 Å². The van der Waals surface area contributed by atoms with E-state index in [0.717, 1.165) is 36.1 Å². The minimum atomic E-state index is -0.329. The number of rotatable bonds is 7. The van der Waals surface area contributed by atoms with Crippen molar-refractivity contribution >= 4 is 23.3 Å². The van der Waals surface area contributed by atoms with Crippen molar-refractivity contribution in [1.29, 1.82) is 0 Å². The second-order valence-corrected chi connectivity index (χ2v) is 8.03. The van der Waals surface area contributed by atoms with Gasteiger partial charge in [0.2, 0.25) is 5.91 Å². The van der Waals surface area contributed by atoms with E-state index in [1.165, 1.54) is 29.9 Å². The molecule has 1 saturated carbocycles. The molecule has 1 aromatic carbocycles. The summed E-state index contributed by atoms with van der Waals surface area (Å²) in [6.45, 7) is 0.269. The molecule has 1 aliphatic rings. The van der Waals surface area contributed by atoms with Crippen LogP contribution in [0, 0.1) is 5.82 Å². The Kier molecular flexibility index (Phi) is 7.42. The normalized spacial score (nSPS) is 15.6. The Labute approximate surface area is 168 Å². The maximum absolute atomic E-state index is 13.2. The summed E-state index contributed by atoms with van der Waals surface area (Å²) in [7, 11) is 0. The second kappa shape index (κ2) is 10.2. The first kappa shape index (κ1) is 20.3. The number of nitrogens with one attached hydrogen (secondary N) is 3. The summed E-state index contributed by atoms with van der Waals surface area (Å²) < 4.78 is 13.2. The number of carbonyl (C=O) groups is 2. The van der Waals surface area contributed by atoms with Gasteiger partial charge in [-0.05, 0) is 42.0 Å². The lowest BCUT2D eigenvalue weighted by Gasteiger charge is -2.23. The van der Waals surface area contributed by atoms with E-state index in [1.807, 2.05) is 17.5 Å². The Morgan fingerprint density at radius 1 is 1.11 bits per heavy atom. The highest BCUT2D eigenvalue weighted by atomic mass is 32.1. The van der Waals surface area contributed by atoms with E-state index >= 15 is 0 Å². The molecule has 1 heterocycles. The van der Waals surface area contributed by atoms with Gasteiger partial charge in [-0.3, -0.25) is 4.79 Å². The molecule has 1 aliphatic carbocycles. The van der Waals surface area contributed by atoms with Gasteiger partial charge in [-0.2, -0.15) is 0 Å². The van der Waals surface area contributed by atoms with Crippen LogP contribution in [0.4, 0.5) is 9.18 Å². The zero-order chi connectivity index (χ0) is 19.8. The van der Waals surface area contributed by atoms with Gasteiger partial charge in [-0.1, -0.05) is 37.5 Å². The third-order valence-corrected chi connectivity index (χ3v) is 5.85. The molecule has 5 nitrogen and oxygen atoms in total. The SMILES string of the molecule is O=C(CCNC(=O)NC1CCCCC1)NC(c1ccc(F)cc1)c1cccs1. The molecule has 1 atom stereocenters. The van der Waals surface area contributed by atoms with E-state index in [9.17, 15) is 14.0 Å². The number of urea groups is 1. The van der Waals surface area contributed by atoms with Gasteiger partial charge < -0.3 is 16.0 Å².